The summed E-state index contributed by atoms with van der Waals surface area (Å²) >= 11 is 6.31. The highest BCUT2D eigenvalue weighted by molar-refractivity contribution is 6.18. The Morgan fingerprint density at radius 1 is 0.824 bits per heavy atom. The highest BCUT2D eigenvalue weighted by Gasteiger charge is 2.17. The number of likely N-dealkylation sites (tertiary alicyclic amines) is 1. The maximum absolute atomic E-state index is 6.31. The minimum Gasteiger partial charge on any atom is -0.496 e. The van der Waals surface area contributed by atoms with Gasteiger partial charge in [0.15, 0.2) is 0 Å². The van der Waals surface area contributed by atoms with E-state index >= 15 is 0 Å². The van der Waals surface area contributed by atoms with E-state index in [-0.39, 0.29) is 0 Å². The molecule has 0 unspecified atom stereocenters. The first-order valence-electron chi connectivity index (χ1n) is 12.2. The molecule has 3 nitrogen and oxygen atoms in total. The molecule has 4 rings (SSSR count). The summed E-state index contributed by atoms with van der Waals surface area (Å²) in [4.78, 5) is 2.50. The Morgan fingerprint density at radius 3 is 2.21 bits per heavy atom. The number of methoxy groups -OCH3 is 1. The van der Waals surface area contributed by atoms with Crippen LogP contribution >= 0.6 is 11.6 Å². The molecule has 0 amide bonds. The van der Waals surface area contributed by atoms with Crippen LogP contribution in [0, 0.1) is 0 Å². The zero-order valence-electron chi connectivity index (χ0n) is 20.0. The first kappa shape index (κ1) is 24.4. The quantitative estimate of drug-likeness (QED) is 0.229. The van der Waals surface area contributed by atoms with Crippen molar-refractivity contribution < 1.29 is 9.47 Å². The predicted octanol–water partition coefficient (Wildman–Crippen LogP) is 7.15. The monoisotopic (exact) mass is 475 g/mol. The summed E-state index contributed by atoms with van der Waals surface area (Å²) in [5, 5.41) is 0. The fourth-order valence-corrected chi connectivity index (χ4v) is 4.89. The molecule has 0 spiro atoms. The SMILES string of the molecule is COc1ccccc1/C(CCCl)=C(\c1ccccc1)c1ccc(OCCN2CCCCC2)cc1. The molecule has 0 aliphatic carbocycles. The number of benzene rings is 3. The van der Waals surface area contributed by atoms with E-state index in [0.29, 0.717) is 5.88 Å². The van der Waals surface area contributed by atoms with E-state index in [1.165, 1.54) is 43.5 Å². The molecule has 0 atom stereocenters. The van der Waals surface area contributed by atoms with Gasteiger partial charge in [0.05, 0.1) is 7.11 Å². The van der Waals surface area contributed by atoms with Crippen molar-refractivity contribution in [2.45, 2.75) is 25.7 Å². The highest BCUT2D eigenvalue weighted by Crippen LogP contribution is 2.38. The van der Waals surface area contributed by atoms with Gasteiger partial charge >= 0.3 is 0 Å². The predicted molar refractivity (Wildman–Crippen MR) is 143 cm³/mol. The lowest BCUT2D eigenvalue weighted by Crippen LogP contribution is -2.33. The van der Waals surface area contributed by atoms with E-state index < -0.39 is 0 Å². The minimum atomic E-state index is 0.529. The lowest BCUT2D eigenvalue weighted by atomic mass is 9.88. The van der Waals surface area contributed by atoms with Crippen LogP contribution in [-0.2, 0) is 0 Å². The Bertz CT molecular complexity index is 1060. The van der Waals surface area contributed by atoms with E-state index in [9.17, 15) is 0 Å². The lowest BCUT2D eigenvalue weighted by Gasteiger charge is -2.26. The zero-order chi connectivity index (χ0) is 23.6. The largest absolute Gasteiger partial charge is 0.496 e. The number of allylic oxidation sites excluding steroid dienone is 1. The van der Waals surface area contributed by atoms with E-state index in [2.05, 4.69) is 59.5 Å². The van der Waals surface area contributed by atoms with Gasteiger partial charge in [0.2, 0.25) is 0 Å². The van der Waals surface area contributed by atoms with Crippen molar-refractivity contribution in [1.82, 2.24) is 4.90 Å². The Balaban J connectivity index is 1.64. The van der Waals surface area contributed by atoms with Crippen LogP contribution in [0.1, 0.15) is 42.4 Å². The summed E-state index contributed by atoms with van der Waals surface area (Å²) in [6, 6.07) is 27.1. The average Bonchev–Trinajstić information content (AvgIpc) is 2.90. The van der Waals surface area contributed by atoms with Crippen molar-refractivity contribution in [2.75, 3.05) is 39.2 Å². The van der Waals surface area contributed by atoms with Gasteiger partial charge in [-0.25, -0.2) is 0 Å². The third kappa shape index (κ3) is 6.22. The van der Waals surface area contributed by atoms with Gasteiger partial charge in [-0.05, 0) is 72.8 Å². The molecule has 3 aromatic rings. The molecule has 0 bridgehead atoms. The molecular formula is C30H34ClNO2. The van der Waals surface area contributed by atoms with Crippen LogP contribution in [0.2, 0.25) is 0 Å². The van der Waals surface area contributed by atoms with Crippen molar-refractivity contribution in [1.29, 1.82) is 0 Å². The lowest BCUT2D eigenvalue weighted by molar-refractivity contribution is 0.183. The molecule has 1 fully saturated rings. The number of hydrogen-bond acceptors (Lipinski definition) is 3. The van der Waals surface area contributed by atoms with Gasteiger partial charge in [-0.2, -0.15) is 0 Å². The van der Waals surface area contributed by atoms with Crippen LogP contribution in [0.25, 0.3) is 11.1 Å². The maximum Gasteiger partial charge on any atom is 0.126 e. The van der Waals surface area contributed by atoms with Crippen molar-refractivity contribution in [3.63, 3.8) is 0 Å². The average molecular weight is 476 g/mol. The van der Waals surface area contributed by atoms with Crippen molar-refractivity contribution in [2.24, 2.45) is 0 Å². The second kappa shape index (κ2) is 12.6. The van der Waals surface area contributed by atoms with Crippen LogP contribution < -0.4 is 9.47 Å². The molecule has 4 heteroatoms. The van der Waals surface area contributed by atoms with Crippen molar-refractivity contribution in [3.8, 4) is 11.5 Å². The number of rotatable bonds is 10. The van der Waals surface area contributed by atoms with Gasteiger partial charge in [0.25, 0.3) is 0 Å². The fraction of sp³-hybridized carbons (Fsp3) is 0.333. The number of para-hydroxylation sites is 1. The standard InChI is InChI=1S/C30H34ClNO2/c1-33-29-13-7-6-12-27(29)28(18-19-31)30(24-10-4-2-5-11-24)25-14-16-26(17-15-25)34-23-22-32-20-8-3-9-21-32/h2,4-7,10-17H,3,8-9,18-23H2,1H3/b30-28+. The van der Waals surface area contributed by atoms with Crippen LogP contribution in [0.4, 0.5) is 0 Å². The van der Waals surface area contributed by atoms with Crippen LogP contribution in [0.3, 0.4) is 0 Å². The summed E-state index contributed by atoms with van der Waals surface area (Å²) < 4.78 is 11.8. The molecule has 0 aromatic heterocycles. The molecule has 0 radical (unpaired) electrons. The first-order valence-corrected chi connectivity index (χ1v) is 12.8. The van der Waals surface area contributed by atoms with Crippen molar-refractivity contribution >= 4 is 22.7 Å². The molecule has 1 aliphatic heterocycles. The van der Waals surface area contributed by atoms with Gasteiger partial charge in [-0.3, -0.25) is 4.90 Å². The van der Waals surface area contributed by atoms with Gasteiger partial charge in [0.1, 0.15) is 18.1 Å². The number of ether oxygens (including phenoxy) is 2. The topological polar surface area (TPSA) is 21.7 Å². The van der Waals surface area contributed by atoms with E-state index in [4.69, 9.17) is 21.1 Å². The number of hydrogen-bond donors (Lipinski definition) is 0. The van der Waals surface area contributed by atoms with E-state index in [0.717, 1.165) is 47.8 Å². The van der Waals surface area contributed by atoms with Gasteiger partial charge in [-0.1, -0.05) is 67.1 Å². The highest BCUT2D eigenvalue weighted by atomic mass is 35.5. The van der Waals surface area contributed by atoms with Crippen LogP contribution in [0.15, 0.2) is 78.9 Å². The fourth-order valence-electron chi connectivity index (χ4n) is 4.70. The van der Waals surface area contributed by atoms with E-state index in [1.807, 2.05) is 24.3 Å². The summed E-state index contributed by atoms with van der Waals surface area (Å²) in [7, 11) is 1.72. The normalized spacial score (nSPS) is 15.0. The third-order valence-corrected chi connectivity index (χ3v) is 6.60. The Morgan fingerprint density at radius 2 is 1.50 bits per heavy atom. The smallest absolute Gasteiger partial charge is 0.126 e. The first-order chi connectivity index (χ1) is 16.8. The summed E-state index contributed by atoms with van der Waals surface area (Å²) in [6.45, 7) is 4.10. The molecule has 0 N–H and O–H groups in total. The Hall–Kier alpha value is -2.75. The summed E-state index contributed by atoms with van der Waals surface area (Å²) in [5.41, 5.74) is 5.72. The molecule has 0 saturated carbocycles. The molecule has 1 heterocycles. The zero-order valence-corrected chi connectivity index (χ0v) is 20.8. The second-order valence-corrected chi connectivity index (χ2v) is 9.01. The van der Waals surface area contributed by atoms with Gasteiger partial charge in [-0.15, -0.1) is 11.6 Å². The molecule has 1 saturated heterocycles. The van der Waals surface area contributed by atoms with E-state index in [1.54, 1.807) is 7.11 Å². The molecule has 3 aromatic carbocycles. The van der Waals surface area contributed by atoms with Gasteiger partial charge in [0, 0.05) is 18.0 Å². The Labute approximate surface area is 209 Å². The molecular weight excluding hydrogens is 442 g/mol. The van der Waals surface area contributed by atoms with Crippen LogP contribution in [-0.4, -0.2) is 44.1 Å². The molecule has 178 valence electrons. The number of piperidine rings is 1. The number of halogens is 1. The number of nitrogens with zero attached hydrogens (tertiary/aromatic N) is 1. The van der Waals surface area contributed by atoms with Crippen molar-refractivity contribution in [3.05, 3.63) is 95.6 Å². The summed E-state index contributed by atoms with van der Waals surface area (Å²) in [5.74, 6) is 2.29. The third-order valence-electron chi connectivity index (χ3n) is 6.41. The second-order valence-electron chi connectivity index (χ2n) is 8.63. The van der Waals surface area contributed by atoms with Crippen LogP contribution in [0.5, 0.6) is 11.5 Å². The molecule has 1 aliphatic rings. The molecule has 34 heavy (non-hydrogen) atoms. The Kier molecular flexibility index (Phi) is 9.06. The maximum atomic E-state index is 6.31. The minimum absolute atomic E-state index is 0.529. The van der Waals surface area contributed by atoms with Gasteiger partial charge < -0.3 is 9.47 Å². The summed E-state index contributed by atoms with van der Waals surface area (Å²) in [6.07, 6.45) is 4.71. The number of alkyl halides is 1.